The standard InChI is InChI=1S/C23H17N3O5/c27-20-11-26(21-19(25-20)9-13(10-24-21)22(28)29)23(30)31-12-18-16-7-3-1-5-14(16)15-6-2-4-8-17(15)18/h1-10,18H,11-12H2,(H,25,27)(H,28,29). The molecule has 1 aliphatic carbocycles. The lowest BCUT2D eigenvalue weighted by Crippen LogP contribution is -2.43. The molecule has 0 bridgehead atoms. The lowest BCUT2D eigenvalue weighted by molar-refractivity contribution is -0.115. The minimum absolute atomic E-state index is 0.0894. The van der Waals surface area contributed by atoms with Gasteiger partial charge in [0.2, 0.25) is 5.91 Å². The van der Waals surface area contributed by atoms with E-state index in [9.17, 15) is 14.4 Å². The fourth-order valence-electron chi connectivity index (χ4n) is 4.11. The number of carboxylic acids is 1. The summed E-state index contributed by atoms with van der Waals surface area (Å²) < 4.78 is 5.61. The Labute approximate surface area is 177 Å². The first-order valence-corrected chi connectivity index (χ1v) is 9.68. The number of carbonyl (C=O) groups is 3. The summed E-state index contributed by atoms with van der Waals surface area (Å²) in [6, 6.07) is 17.3. The Kier molecular flexibility index (Phi) is 4.39. The van der Waals surface area contributed by atoms with Crippen molar-refractivity contribution in [2.75, 3.05) is 23.4 Å². The van der Waals surface area contributed by atoms with Gasteiger partial charge in [0.05, 0.1) is 11.3 Å². The number of carboxylic acid groups (broad SMARTS) is 1. The highest BCUT2D eigenvalue weighted by Crippen LogP contribution is 2.44. The molecular formula is C23H17N3O5. The maximum atomic E-state index is 12.9. The van der Waals surface area contributed by atoms with Gasteiger partial charge in [0, 0.05) is 12.1 Å². The summed E-state index contributed by atoms with van der Waals surface area (Å²) in [6.45, 7) is -0.156. The third-order valence-electron chi connectivity index (χ3n) is 5.50. The SMILES string of the molecule is O=C1CN(C(=O)OCC2c3ccccc3-c3ccccc32)c2ncc(C(=O)O)cc2N1. The van der Waals surface area contributed by atoms with Crippen LogP contribution >= 0.6 is 0 Å². The van der Waals surface area contributed by atoms with E-state index in [-0.39, 0.29) is 36.1 Å². The Balaban J connectivity index is 1.40. The van der Waals surface area contributed by atoms with E-state index in [2.05, 4.69) is 10.3 Å². The zero-order chi connectivity index (χ0) is 21.5. The summed E-state index contributed by atoms with van der Waals surface area (Å²) in [4.78, 5) is 41.3. The Morgan fingerprint density at radius 1 is 1.10 bits per heavy atom. The maximum Gasteiger partial charge on any atom is 0.416 e. The molecule has 0 saturated carbocycles. The Morgan fingerprint density at radius 3 is 2.39 bits per heavy atom. The lowest BCUT2D eigenvalue weighted by atomic mass is 9.98. The van der Waals surface area contributed by atoms with Crippen LogP contribution in [0.1, 0.15) is 27.4 Å². The van der Waals surface area contributed by atoms with Crippen LogP contribution < -0.4 is 10.2 Å². The molecule has 0 atom stereocenters. The number of rotatable bonds is 3. The van der Waals surface area contributed by atoms with E-state index in [0.29, 0.717) is 0 Å². The number of aromatic nitrogens is 1. The second-order valence-electron chi connectivity index (χ2n) is 7.34. The Bertz CT molecular complexity index is 1190. The van der Waals surface area contributed by atoms with E-state index < -0.39 is 18.0 Å². The summed E-state index contributed by atoms with van der Waals surface area (Å²) in [5.41, 5.74) is 4.46. The lowest BCUT2D eigenvalue weighted by Gasteiger charge is -2.28. The molecule has 2 aliphatic rings. The predicted octanol–water partition coefficient (Wildman–Crippen LogP) is 3.49. The van der Waals surface area contributed by atoms with Gasteiger partial charge in [0.1, 0.15) is 13.2 Å². The van der Waals surface area contributed by atoms with Crippen molar-refractivity contribution in [3.63, 3.8) is 0 Å². The molecule has 154 valence electrons. The number of aromatic carboxylic acids is 1. The topological polar surface area (TPSA) is 109 Å². The molecule has 0 unspecified atom stereocenters. The van der Waals surface area contributed by atoms with E-state index in [0.717, 1.165) is 33.4 Å². The average Bonchev–Trinajstić information content (AvgIpc) is 3.10. The van der Waals surface area contributed by atoms with Crippen LogP contribution in [0.5, 0.6) is 0 Å². The third-order valence-corrected chi connectivity index (χ3v) is 5.50. The number of ether oxygens (including phenoxy) is 1. The maximum absolute atomic E-state index is 12.9. The summed E-state index contributed by atoms with van der Waals surface area (Å²) in [7, 11) is 0. The second-order valence-corrected chi connectivity index (χ2v) is 7.34. The van der Waals surface area contributed by atoms with Gasteiger partial charge in [-0.05, 0) is 28.3 Å². The van der Waals surface area contributed by atoms with Crippen molar-refractivity contribution < 1.29 is 24.2 Å². The Morgan fingerprint density at radius 2 is 1.74 bits per heavy atom. The van der Waals surface area contributed by atoms with Gasteiger partial charge in [0.25, 0.3) is 0 Å². The van der Waals surface area contributed by atoms with Crippen molar-refractivity contribution in [1.29, 1.82) is 0 Å². The van der Waals surface area contributed by atoms with Crippen molar-refractivity contribution in [3.8, 4) is 11.1 Å². The van der Waals surface area contributed by atoms with Crippen LogP contribution in [-0.4, -0.2) is 41.2 Å². The summed E-state index contributed by atoms with van der Waals surface area (Å²) >= 11 is 0. The minimum Gasteiger partial charge on any atom is -0.478 e. The number of nitrogens with zero attached hydrogens (tertiary/aromatic N) is 2. The first-order valence-electron chi connectivity index (χ1n) is 9.68. The summed E-state index contributed by atoms with van der Waals surface area (Å²) in [5, 5.41) is 11.7. The molecule has 8 heteroatoms. The van der Waals surface area contributed by atoms with Crippen LogP contribution in [0.2, 0.25) is 0 Å². The number of nitrogens with one attached hydrogen (secondary N) is 1. The summed E-state index contributed by atoms with van der Waals surface area (Å²) in [6.07, 6.45) is 0.427. The van der Waals surface area contributed by atoms with E-state index in [1.54, 1.807) is 0 Å². The highest BCUT2D eigenvalue weighted by molar-refractivity contribution is 6.08. The highest BCUT2D eigenvalue weighted by Gasteiger charge is 2.33. The zero-order valence-corrected chi connectivity index (χ0v) is 16.2. The molecule has 3 aromatic rings. The van der Waals surface area contributed by atoms with E-state index in [4.69, 9.17) is 9.84 Å². The molecule has 0 fully saturated rings. The first-order chi connectivity index (χ1) is 15.0. The summed E-state index contributed by atoms with van der Waals surface area (Å²) in [5.74, 6) is -1.59. The molecule has 2 aromatic carbocycles. The van der Waals surface area contributed by atoms with Crippen molar-refractivity contribution >= 4 is 29.5 Å². The average molecular weight is 415 g/mol. The van der Waals surface area contributed by atoms with Crippen molar-refractivity contribution in [1.82, 2.24) is 4.98 Å². The smallest absolute Gasteiger partial charge is 0.416 e. The van der Waals surface area contributed by atoms with Crippen LogP contribution in [0.3, 0.4) is 0 Å². The van der Waals surface area contributed by atoms with Gasteiger partial charge in [-0.3, -0.25) is 9.69 Å². The number of hydrogen-bond acceptors (Lipinski definition) is 5. The molecule has 1 aliphatic heterocycles. The van der Waals surface area contributed by atoms with E-state index in [1.807, 2.05) is 48.5 Å². The molecule has 8 nitrogen and oxygen atoms in total. The van der Waals surface area contributed by atoms with Crippen LogP contribution in [0.25, 0.3) is 11.1 Å². The van der Waals surface area contributed by atoms with Crippen molar-refractivity contribution in [3.05, 3.63) is 77.5 Å². The molecule has 2 heterocycles. The number of anilines is 2. The molecule has 2 N–H and O–H groups in total. The number of pyridine rings is 1. The van der Waals surface area contributed by atoms with Crippen molar-refractivity contribution in [2.24, 2.45) is 0 Å². The van der Waals surface area contributed by atoms with E-state index in [1.165, 1.54) is 6.07 Å². The van der Waals surface area contributed by atoms with Gasteiger partial charge in [-0.15, -0.1) is 0 Å². The van der Waals surface area contributed by atoms with Gasteiger partial charge in [-0.2, -0.15) is 0 Å². The molecule has 2 amide bonds. The number of fused-ring (bicyclic) bond motifs is 4. The van der Waals surface area contributed by atoms with Crippen LogP contribution in [0.15, 0.2) is 60.8 Å². The first kappa shape index (κ1) is 18.8. The van der Waals surface area contributed by atoms with Gasteiger partial charge >= 0.3 is 12.1 Å². The molecule has 0 saturated heterocycles. The number of carbonyl (C=O) groups excluding carboxylic acids is 2. The fraction of sp³-hybridized carbons (Fsp3) is 0.130. The van der Waals surface area contributed by atoms with Gasteiger partial charge in [-0.1, -0.05) is 48.5 Å². The quantitative estimate of drug-likeness (QED) is 0.678. The number of amides is 2. The molecule has 1 aromatic heterocycles. The molecule has 0 radical (unpaired) electrons. The Hall–Kier alpha value is -4.20. The van der Waals surface area contributed by atoms with Crippen LogP contribution in [0, 0.1) is 0 Å². The predicted molar refractivity (Wildman–Crippen MR) is 112 cm³/mol. The normalized spacial score (nSPS) is 14.3. The van der Waals surface area contributed by atoms with Crippen LogP contribution in [-0.2, 0) is 9.53 Å². The van der Waals surface area contributed by atoms with Crippen molar-refractivity contribution in [2.45, 2.75) is 5.92 Å². The van der Waals surface area contributed by atoms with Gasteiger partial charge in [-0.25, -0.2) is 14.6 Å². The van der Waals surface area contributed by atoms with Gasteiger partial charge in [0.15, 0.2) is 5.82 Å². The zero-order valence-electron chi connectivity index (χ0n) is 16.2. The largest absolute Gasteiger partial charge is 0.478 e. The second kappa shape index (κ2) is 7.24. The molecule has 5 rings (SSSR count). The molecular weight excluding hydrogens is 398 g/mol. The monoisotopic (exact) mass is 415 g/mol. The fourth-order valence-corrected chi connectivity index (χ4v) is 4.11. The minimum atomic E-state index is -1.18. The third kappa shape index (κ3) is 3.18. The molecule has 31 heavy (non-hydrogen) atoms. The van der Waals surface area contributed by atoms with Crippen LogP contribution in [0.4, 0.5) is 16.3 Å². The highest BCUT2D eigenvalue weighted by atomic mass is 16.6. The number of benzene rings is 2. The molecule has 0 spiro atoms. The number of hydrogen-bond donors (Lipinski definition) is 2. The van der Waals surface area contributed by atoms with Gasteiger partial charge < -0.3 is 15.2 Å². The van der Waals surface area contributed by atoms with E-state index >= 15 is 0 Å².